The van der Waals surface area contributed by atoms with Crippen molar-refractivity contribution in [2.24, 2.45) is 5.92 Å². The van der Waals surface area contributed by atoms with Gasteiger partial charge in [0.1, 0.15) is 5.82 Å². The van der Waals surface area contributed by atoms with E-state index < -0.39 is 0 Å². The van der Waals surface area contributed by atoms with Crippen molar-refractivity contribution in [2.45, 2.75) is 26.9 Å². The molecule has 158 valence electrons. The molecule has 1 amide bonds. The number of aromatic nitrogens is 2. The summed E-state index contributed by atoms with van der Waals surface area (Å²) in [5, 5.41) is 2.89. The number of carbonyl (C=O) groups is 1. The molecule has 7 nitrogen and oxygen atoms in total. The van der Waals surface area contributed by atoms with Crippen molar-refractivity contribution >= 4 is 22.6 Å². The maximum absolute atomic E-state index is 12.4. The highest BCUT2D eigenvalue weighted by Gasteiger charge is 2.20. The monoisotopic (exact) mass is 408 g/mol. The molecule has 0 saturated carbocycles. The Balaban J connectivity index is 1.42. The van der Waals surface area contributed by atoms with Crippen LogP contribution in [-0.4, -0.2) is 47.2 Å². The lowest BCUT2D eigenvalue weighted by molar-refractivity contribution is -0.118. The quantitative estimate of drug-likeness (QED) is 0.648. The first kappa shape index (κ1) is 20.2. The number of nitrogens with zero attached hydrogens (tertiary/aromatic N) is 3. The number of para-hydroxylation sites is 2. The van der Waals surface area contributed by atoms with Crippen LogP contribution in [-0.2, 0) is 17.9 Å². The number of carbonyl (C=O) groups excluding carboxylic acids is 1. The molecule has 1 N–H and O–H groups in total. The van der Waals surface area contributed by atoms with Crippen molar-refractivity contribution in [3.8, 4) is 11.5 Å². The van der Waals surface area contributed by atoms with E-state index in [1.807, 2.05) is 30.3 Å². The summed E-state index contributed by atoms with van der Waals surface area (Å²) in [4.78, 5) is 19.6. The Hall–Kier alpha value is -3.06. The lowest BCUT2D eigenvalue weighted by Gasteiger charge is -2.29. The molecule has 30 heavy (non-hydrogen) atoms. The van der Waals surface area contributed by atoms with Gasteiger partial charge < -0.3 is 19.4 Å². The molecule has 2 heterocycles. The average Bonchev–Trinajstić information content (AvgIpc) is 3.08. The molecule has 4 rings (SSSR count). The maximum atomic E-state index is 12.4. The van der Waals surface area contributed by atoms with E-state index in [9.17, 15) is 4.79 Å². The summed E-state index contributed by atoms with van der Waals surface area (Å²) in [6.07, 6.45) is 0. The van der Waals surface area contributed by atoms with Gasteiger partial charge in [-0.3, -0.25) is 9.69 Å². The first-order valence-corrected chi connectivity index (χ1v) is 10.3. The lowest BCUT2D eigenvalue weighted by atomic mass is 10.2. The summed E-state index contributed by atoms with van der Waals surface area (Å²) in [6.45, 7) is 8.31. The number of imidazole rings is 1. The number of rotatable bonds is 7. The summed E-state index contributed by atoms with van der Waals surface area (Å²) >= 11 is 0. The van der Waals surface area contributed by atoms with Crippen molar-refractivity contribution in [3.05, 3.63) is 48.3 Å². The number of hydrogen-bond acceptors (Lipinski definition) is 5. The average molecular weight is 409 g/mol. The predicted octanol–water partition coefficient (Wildman–Crippen LogP) is 3.53. The summed E-state index contributed by atoms with van der Waals surface area (Å²) in [5.74, 6) is 2.63. The van der Waals surface area contributed by atoms with Gasteiger partial charge in [-0.15, -0.1) is 0 Å². The van der Waals surface area contributed by atoms with Gasteiger partial charge in [-0.2, -0.15) is 0 Å². The zero-order chi connectivity index (χ0) is 21.1. The third-order valence-corrected chi connectivity index (χ3v) is 5.17. The molecule has 1 aliphatic rings. The topological polar surface area (TPSA) is 68.6 Å². The van der Waals surface area contributed by atoms with Crippen molar-refractivity contribution in [1.29, 1.82) is 0 Å². The van der Waals surface area contributed by atoms with Crippen LogP contribution in [0, 0.1) is 5.92 Å². The third-order valence-electron chi connectivity index (χ3n) is 5.17. The van der Waals surface area contributed by atoms with Gasteiger partial charge in [0.2, 0.25) is 0 Å². The van der Waals surface area contributed by atoms with E-state index in [2.05, 4.69) is 28.6 Å². The first-order valence-electron chi connectivity index (χ1n) is 10.3. The van der Waals surface area contributed by atoms with Crippen LogP contribution in [0.1, 0.15) is 19.7 Å². The smallest absolute Gasteiger partial charge is 0.262 e. The molecule has 0 spiro atoms. The molecule has 0 fully saturated rings. The standard InChI is InChI=1S/C23H28N4O3/c1-16(2)13-26-10-11-27-19-9-8-17(12-18(19)25-22(27)14-26)24-23(28)15-30-21-7-5-4-6-20(21)29-3/h4-9,12,16H,10-11,13-15H2,1-3H3,(H,24,28). The fourth-order valence-electron chi connectivity index (χ4n) is 3.90. The Bertz CT molecular complexity index is 1040. The highest BCUT2D eigenvalue weighted by molar-refractivity contribution is 5.94. The number of hydrogen-bond donors (Lipinski definition) is 1. The molecular formula is C23H28N4O3. The van der Waals surface area contributed by atoms with Gasteiger partial charge in [0.15, 0.2) is 18.1 Å². The Morgan fingerprint density at radius 2 is 1.97 bits per heavy atom. The van der Waals surface area contributed by atoms with E-state index in [0.29, 0.717) is 23.1 Å². The molecule has 0 atom stereocenters. The zero-order valence-electron chi connectivity index (χ0n) is 17.7. The Kier molecular flexibility index (Phi) is 5.90. The van der Waals surface area contributed by atoms with Gasteiger partial charge >= 0.3 is 0 Å². The Labute approximate surface area is 176 Å². The summed E-state index contributed by atoms with van der Waals surface area (Å²) in [6, 6.07) is 13.1. The minimum atomic E-state index is -0.229. The lowest BCUT2D eigenvalue weighted by Crippen LogP contribution is -2.36. The van der Waals surface area contributed by atoms with Gasteiger partial charge in [-0.1, -0.05) is 26.0 Å². The fraction of sp³-hybridized carbons (Fsp3) is 0.391. The molecule has 0 unspecified atom stereocenters. The number of amides is 1. The third kappa shape index (κ3) is 4.41. The largest absolute Gasteiger partial charge is 0.493 e. The number of methoxy groups -OCH3 is 1. The molecule has 7 heteroatoms. The normalized spacial score (nSPS) is 14.0. The second-order valence-electron chi connectivity index (χ2n) is 8.00. The second kappa shape index (κ2) is 8.75. The van der Waals surface area contributed by atoms with Gasteiger partial charge in [-0.25, -0.2) is 4.98 Å². The molecular weight excluding hydrogens is 380 g/mol. The number of anilines is 1. The van der Waals surface area contributed by atoms with Crippen LogP contribution in [0.25, 0.3) is 11.0 Å². The van der Waals surface area contributed by atoms with E-state index in [1.165, 1.54) is 0 Å². The molecule has 2 aromatic carbocycles. The Morgan fingerprint density at radius 1 is 1.17 bits per heavy atom. The highest BCUT2D eigenvalue weighted by Crippen LogP contribution is 2.26. The molecule has 1 aliphatic heterocycles. The van der Waals surface area contributed by atoms with Crippen molar-refractivity contribution in [1.82, 2.24) is 14.5 Å². The molecule has 0 aliphatic carbocycles. The zero-order valence-corrected chi connectivity index (χ0v) is 17.7. The van der Waals surface area contributed by atoms with Crippen LogP contribution in [0.3, 0.4) is 0 Å². The molecule has 0 saturated heterocycles. The number of benzene rings is 2. The van der Waals surface area contributed by atoms with E-state index in [-0.39, 0.29) is 12.5 Å². The minimum Gasteiger partial charge on any atom is -0.493 e. The van der Waals surface area contributed by atoms with Crippen LogP contribution in [0.2, 0.25) is 0 Å². The van der Waals surface area contributed by atoms with Crippen LogP contribution in [0.4, 0.5) is 5.69 Å². The summed E-state index contributed by atoms with van der Waals surface area (Å²) in [7, 11) is 1.57. The van der Waals surface area contributed by atoms with Gasteiger partial charge in [0, 0.05) is 25.3 Å². The molecule has 3 aromatic rings. The van der Waals surface area contributed by atoms with Crippen molar-refractivity contribution in [2.75, 3.05) is 32.1 Å². The van der Waals surface area contributed by atoms with Crippen molar-refractivity contribution in [3.63, 3.8) is 0 Å². The van der Waals surface area contributed by atoms with Crippen LogP contribution < -0.4 is 14.8 Å². The Morgan fingerprint density at radius 3 is 2.73 bits per heavy atom. The number of fused-ring (bicyclic) bond motifs is 3. The molecule has 1 aromatic heterocycles. The first-order chi connectivity index (χ1) is 14.5. The number of nitrogens with one attached hydrogen (secondary N) is 1. The predicted molar refractivity (Wildman–Crippen MR) is 117 cm³/mol. The van der Waals surface area contributed by atoms with Gasteiger partial charge in [0.05, 0.1) is 24.7 Å². The van der Waals surface area contributed by atoms with Crippen LogP contribution in [0.15, 0.2) is 42.5 Å². The van der Waals surface area contributed by atoms with Crippen LogP contribution >= 0.6 is 0 Å². The summed E-state index contributed by atoms with van der Waals surface area (Å²) in [5.41, 5.74) is 2.72. The van der Waals surface area contributed by atoms with Crippen LogP contribution in [0.5, 0.6) is 11.5 Å². The SMILES string of the molecule is COc1ccccc1OCC(=O)Nc1ccc2c(c1)nc1n2CCN(CC(C)C)C1. The van der Waals surface area contributed by atoms with Gasteiger partial charge in [0.25, 0.3) is 5.91 Å². The maximum Gasteiger partial charge on any atom is 0.262 e. The number of ether oxygens (including phenoxy) is 2. The minimum absolute atomic E-state index is 0.0950. The second-order valence-corrected chi connectivity index (χ2v) is 8.00. The van der Waals surface area contributed by atoms with Crippen molar-refractivity contribution < 1.29 is 14.3 Å². The van der Waals surface area contributed by atoms with E-state index >= 15 is 0 Å². The fourth-order valence-corrected chi connectivity index (χ4v) is 3.90. The molecule has 0 radical (unpaired) electrons. The van der Waals surface area contributed by atoms with E-state index in [0.717, 1.165) is 43.0 Å². The molecule has 0 bridgehead atoms. The van der Waals surface area contributed by atoms with E-state index in [4.69, 9.17) is 14.5 Å². The van der Waals surface area contributed by atoms with E-state index in [1.54, 1.807) is 19.2 Å². The highest BCUT2D eigenvalue weighted by atomic mass is 16.5. The van der Waals surface area contributed by atoms with Gasteiger partial charge in [-0.05, 0) is 36.2 Å². The summed E-state index contributed by atoms with van der Waals surface area (Å²) < 4.78 is 13.1.